The summed E-state index contributed by atoms with van der Waals surface area (Å²) in [7, 11) is 0. The molecule has 0 aromatic carbocycles. The van der Waals surface area contributed by atoms with Crippen molar-refractivity contribution in [3.63, 3.8) is 0 Å². The van der Waals surface area contributed by atoms with Crippen molar-refractivity contribution in [3.05, 3.63) is 0 Å². The maximum absolute atomic E-state index is 11.7. The number of rotatable bonds is 2. The van der Waals surface area contributed by atoms with Gasteiger partial charge in [0.1, 0.15) is 17.2 Å². The highest BCUT2D eigenvalue weighted by atomic mass is 16.6. The van der Waals surface area contributed by atoms with Crippen molar-refractivity contribution in [2.45, 2.75) is 90.5 Å². The lowest BCUT2D eigenvalue weighted by Crippen LogP contribution is -2.43. The lowest BCUT2D eigenvalue weighted by molar-refractivity contribution is -0.142. The third kappa shape index (κ3) is 8.47. The molecule has 168 valence electrons. The fraction of sp³-hybridized carbons (Fsp3) is 0.850. The molecule has 0 spiro atoms. The van der Waals surface area contributed by atoms with Crippen LogP contribution in [0.25, 0.3) is 0 Å². The van der Waals surface area contributed by atoms with E-state index in [1.54, 1.807) is 41.5 Å². The number of aliphatic carboxylic acids is 1. The quantitative estimate of drug-likeness (QED) is 0.708. The van der Waals surface area contributed by atoms with Crippen LogP contribution in [0.4, 0.5) is 9.59 Å². The summed E-state index contributed by atoms with van der Waals surface area (Å²) in [6.45, 7) is 9.07. The van der Waals surface area contributed by atoms with Crippen molar-refractivity contribution in [1.82, 2.24) is 9.80 Å². The van der Waals surface area contributed by atoms with E-state index in [0.717, 1.165) is 6.42 Å². The standard InChI is InChI=1S/C10H17NO4.C10H19NO3/c1-10(2,3)15-9(14)11-6-4-5-7(11)8(12)13;1-10(2,3)14-9(13)11-6-4-5-8(11)7-12/h7H,4-6H2,1-3H3,(H,12,13);8,12H,4-7H2,1-3H3/t7-;8-/m11/s1/i;7D2. The molecule has 2 aliphatic heterocycles. The Labute approximate surface area is 175 Å². The smallest absolute Gasteiger partial charge is 0.411 e. The van der Waals surface area contributed by atoms with E-state index in [1.165, 1.54) is 9.80 Å². The molecule has 9 nitrogen and oxygen atoms in total. The third-order valence-corrected chi connectivity index (χ3v) is 4.20. The van der Waals surface area contributed by atoms with Gasteiger partial charge < -0.3 is 24.6 Å². The Morgan fingerprint density at radius 1 is 0.931 bits per heavy atom. The third-order valence-electron chi connectivity index (χ3n) is 4.20. The van der Waals surface area contributed by atoms with E-state index in [9.17, 15) is 19.5 Å². The zero-order chi connectivity index (χ0) is 24.2. The number of carbonyl (C=O) groups is 3. The molecule has 0 aliphatic carbocycles. The van der Waals surface area contributed by atoms with Crippen LogP contribution in [0.5, 0.6) is 0 Å². The van der Waals surface area contributed by atoms with Gasteiger partial charge in [0, 0.05) is 13.1 Å². The van der Waals surface area contributed by atoms with Crippen LogP contribution in [-0.2, 0) is 14.3 Å². The van der Waals surface area contributed by atoms with E-state index >= 15 is 0 Å². The van der Waals surface area contributed by atoms with E-state index in [1.807, 2.05) is 0 Å². The van der Waals surface area contributed by atoms with Crippen molar-refractivity contribution >= 4 is 18.2 Å². The van der Waals surface area contributed by atoms with Crippen molar-refractivity contribution in [2.75, 3.05) is 19.6 Å². The first-order chi connectivity index (χ1) is 13.9. The average Bonchev–Trinajstić information content (AvgIpc) is 3.21. The molecule has 29 heavy (non-hydrogen) atoms. The van der Waals surface area contributed by atoms with Gasteiger partial charge in [-0.15, -0.1) is 0 Å². The molecular formula is C20H36N2O7. The molecule has 2 heterocycles. The highest BCUT2D eigenvalue weighted by Gasteiger charge is 2.36. The number of amides is 2. The molecule has 0 bridgehead atoms. The molecule has 0 radical (unpaired) electrons. The molecule has 2 fully saturated rings. The molecule has 2 atom stereocenters. The van der Waals surface area contributed by atoms with E-state index in [2.05, 4.69) is 0 Å². The number of carboxylic acids is 1. The van der Waals surface area contributed by atoms with Crippen LogP contribution >= 0.6 is 0 Å². The molecule has 2 rings (SSSR count). The normalized spacial score (nSPS) is 23.6. The highest BCUT2D eigenvalue weighted by Crippen LogP contribution is 2.21. The van der Waals surface area contributed by atoms with Gasteiger partial charge in [0.2, 0.25) is 0 Å². The SMILES string of the molecule is CC(C)(C)OC(=O)N1CCC[C@@H]1C(=O)O.[2H]C([2H])(O)[C@H]1CCCN1C(=O)OC(C)(C)C. The predicted molar refractivity (Wildman–Crippen MR) is 107 cm³/mol. The summed E-state index contributed by atoms with van der Waals surface area (Å²) in [5.74, 6) is -0.960. The Bertz CT molecular complexity index is 653. The monoisotopic (exact) mass is 418 g/mol. The van der Waals surface area contributed by atoms with Gasteiger partial charge in [-0.25, -0.2) is 14.4 Å². The first-order valence-corrected chi connectivity index (χ1v) is 9.87. The molecule has 9 heteroatoms. The second-order valence-electron chi connectivity index (χ2n) is 9.13. The zero-order valence-electron chi connectivity index (χ0n) is 20.2. The van der Waals surface area contributed by atoms with Crippen molar-refractivity contribution < 1.29 is 36.8 Å². The molecule has 0 saturated carbocycles. The molecular weight excluding hydrogens is 380 g/mol. The first-order valence-electron chi connectivity index (χ1n) is 10.9. The predicted octanol–water partition coefficient (Wildman–Crippen LogP) is 2.85. The number of ether oxygens (including phenoxy) is 2. The number of carboxylic acid groups (broad SMARTS) is 1. The summed E-state index contributed by atoms with van der Waals surface area (Å²) in [6.07, 6.45) is 1.28. The second kappa shape index (κ2) is 10.1. The van der Waals surface area contributed by atoms with Crippen LogP contribution in [0.1, 0.15) is 70.0 Å². The molecule has 2 aliphatic rings. The number of hydrogen-bond acceptors (Lipinski definition) is 6. The summed E-state index contributed by atoms with van der Waals surface area (Å²) in [4.78, 5) is 36.7. The number of carbonyl (C=O) groups excluding carboxylic acids is 2. The Kier molecular flexibility index (Phi) is 7.57. The van der Waals surface area contributed by atoms with Gasteiger partial charge in [0.05, 0.1) is 15.3 Å². The van der Waals surface area contributed by atoms with Crippen molar-refractivity contribution in [1.29, 1.82) is 0 Å². The van der Waals surface area contributed by atoms with Crippen LogP contribution in [-0.4, -0.2) is 81.1 Å². The fourth-order valence-electron chi connectivity index (χ4n) is 3.00. The Hall–Kier alpha value is -2.03. The van der Waals surface area contributed by atoms with Crippen LogP contribution in [0.15, 0.2) is 0 Å². The van der Waals surface area contributed by atoms with Gasteiger partial charge in [-0.3, -0.25) is 4.90 Å². The fourth-order valence-corrected chi connectivity index (χ4v) is 3.00. The second-order valence-corrected chi connectivity index (χ2v) is 9.13. The van der Waals surface area contributed by atoms with Crippen LogP contribution in [0.2, 0.25) is 0 Å². The maximum Gasteiger partial charge on any atom is 0.411 e. The summed E-state index contributed by atoms with van der Waals surface area (Å²) in [6, 6.07) is -1.53. The lowest BCUT2D eigenvalue weighted by Gasteiger charge is -2.27. The zero-order valence-corrected chi connectivity index (χ0v) is 18.2. The Balaban J connectivity index is 0.000000311. The molecule has 2 amide bonds. The topological polar surface area (TPSA) is 117 Å². The van der Waals surface area contributed by atoms with Crippen LogP contribution in [0, 0.1) is 0 Å². The van der Waals surface area contributed by atoms with Gasteiger partial charge in [0.15, 0.2) is 0 Å². The molecule has 2 saturated heterocycles. The van der Waals surface area contributed by atoms with Crippen LogP contribution < -0.4 is 0 Å². The summed E-state index contributed by atoms with van der Waals surface area (Å²) in [5.41, 5.74) is -1.19. The number of aliphatic hydroxyl groups is 1. The average molecular weight is 419 g/mol. The van der Waals surface area contributed by atoms with Crippen molar-refractivity contribution in [2.24, 2.45) is 0 Å². The van der Waals surface area contributed by atoms with Gasteiger partial charge in [0.25, 0.3) is 0 Å². The summed E-state index contributed by atoms with van der Waals surface area (Å²) < 4.78 is 24.8. The van der Waals surface area contributed by atoms with Gasteiger partial charge >= 0.3 is 18.2 Å². The maximum atomic E-state index is 11.7. The van der Waals surface area contributed by atoms with Crippen LogP contribution in [0.3, 0.4) is 0 Å². The molecule has 0 aromatic heterocycles. The molecule has 0 unspecified atom stereocenters. The van der Waals surface area contributed by atoms with E-state index < -0.39 is 48.0 Å². The minimum absolute atomic E-state index is 0.430. The van der Waals surface area contributed by atoms with Crippen molar-refractivity contribution in [3.8, 4) is 0 Å². The largest absolute Gasteiger partial charge is 0.480 e. The van der Waals surface area contributed by atoms with E-state index in [-0.39, 0.29) is 0 Å². The Morgan fingerprint density at radius 2 is 1.38 bits per heavy atom. The Morgan fingerprint density at radius 3 is 1.83 bits per heavy atom. The first kappa shape index (κ1) is 21.7. The van der Waals surface area contributed by atoms with Gasteiger partial charge in [-0.2, -0.15) is 0 Å². The highest BCUT2D eigenvalue weighted by molar-refractivity contribution is 5.80. The summed E-state index contributed by atoms with van der Waals surface area (Å²) >= 11 is 0. The van der Waals surface area contributed by atoms with E-state index in [0.29, 0.717) is 32.4 Å². The van der Waals surface area contributed by atoms with E-state index in [4.69, 9.17) is 17.3 Å². The minimum Gasteiger partial charge on any atom is -0.480 e. The number of nitrogens with zero attached hydrogens (tertiary/aromatic N) is 2. The minimum atomic E-state index is -2.37. The number of hydrogen-bond donors (Lipinski definition) is 2. The molecule has 0 aromatic rings. The van der Waals surface area contributed by atoms with Gasteiger partial charge in [-0.1, -0.05) is 0 Å². The summed E-state index contributed by atoms with van der Waals surface area (Å²) in [5, 5.41) is 18.2. The van der Waals surface area contributed by atoms with Gasteiger partial charge in [-0.05, 0) is 67.2 Å². The molecule has 2 N–H and O–H groups in total. The number of likely N-dealkylation sites (tertiary alicyclic amines) is 2. The lowest BCUT2D eigenvalue weighted by atomic mass is 10.2.